The van der Waals surface area contributed by atoms with Gasteiger partial charge >= 0.3 is 0 Å². The van der Waals surface area contributed by atoms with E-state index in [0.29, 0.717) is 17.9 Å². The van der Waals surface area contributed by atoms with Crippen LogP contribution in [0.25, 0.3) is 0 Å². The van der Waals surface area contributed by atoms with Crippen LogP contribution in [0.2, 0.25) is 0 Å². The monoisotopic (exact) mass is 386 g/mol. The van der Waals surface area contributed by atoms with Gasteiger partial charge in [-0.1, -0.05) is 30.3 Å². The van der Waals surface area contributed by atoms with Gasteiger partial charge in [0, 0.05) is 18.7 Å². The molecule has 0 spiro atoms. The van der Waals surface area contributed by atoms with Crippen LogP contribution in [0.3, 0.4) is 0 Å². The Morgan fingerprint density at radius 2 is 1.86 bits per heavy atom. The van der Waals surface area contributed by atoms with Gasteiger partial charge in [0.2, 0.25) is 5.91 Å². The summed E-state index contributed by atoms with van der Waals surface area (Å²) >= 11 is 0. The van der Waals surface area contributed by atoms with Crippen molar-refractivity contribution in [3.05, 3.63) is 65.0 Å². The van der Waals surface area contributed by atoms with Crippen molar-refractivity contribution in [1.82, 2.24) is 10.2 Å². The van der Waals surface area contributed by atoms with E-state index in [-0.39, 0.29) is 25.0 Å². The smallest absolute Gasteiger partial charge is 0.261 e. The lowest BCUT2D eigenvalue weighted by atomic mass is 10.1. The first-order valence-corrected chi connectivity index (χ1v) is 9.34. The fourth-order valence-electron chi connectivity index (χ4n) is 2.82. The summed E-state index contributed by atoms with van der Waals surface area (Å²) in [6.45, 7) is 7.51. The molecule has 0 saturated heterocycles. The summed E-state index contributed by atoms with van der Waals surface area (Å²) in [5.74, 6) is -0.481. The molecule has 0 saturated carbocycles. The highest BCUT2D eigenvalue weighted by atomic mass is 19.1. The summed E-state index contributed by atoms with van der Waals surface area (Å²) in [6.07, 6.45) is 0. The Morgan fingerprint density at radius 1 is 1.14 bits per heavy atom. The summed E-state index contributed by atoms with van der Waals surface area (Å²) < 4.78 is 19.8. The largest absolute Gasteiger partial charge is 0.483 e. The fourth-order valence-corrected chi connectivity index (χ4v) is 2.82. The van der Waals surface area contributed by atoms with Crippen molar-refractivity contribution in [3.63, 3.8) is 0 Å². The van der Waals surface area contributed by atoms with E-state index in [4.69, 9.17) is 4.74 Å². The summed E-state index contributed by atoms with van der Waals surface area (Å²) in [6, 6.07) is 11.1. The number of aryl methyl sites for hydroxylation is 1. The maximum absolute atomic E-state index is 14.1. The molecule has 0 heterocycles. The molecule has 0 aliphatic heterocycles. The lowest BCUT2D eigenvalue weighted by Crippen LogP contribution is -2.49. The number of amides is 2. The molecule has 1 N–H and O–H groups in total. The number of nitrogens with one attached hydrogen (secondary N) is 1. The standard InChI is InChI=1S/C22H27FN2O3/c1-5-24-22(27)17(4)25(13-18-10-6-7-11-19(18)23)21(26)14-28-20-12-8-9-15(2)16(20)3/h6-12,17H,5,13-14H2,1-4H3,(H,24,27)/t17-/m1/s1. The molecule has 1 atom stereocenters. The highest BCUT2D eigenvalue weighted by Gasteiger charge is 2.27. The Morgan fingerprint density at radius 3 is 2.54 bits per heavy atom. The van der Waals surface area contributed by atoms with Gasteiger partial charge in [0.25, 0.3) is 5.91 Å². The van der Waals surface area contributed by atoms with Gasteiger partial charge in [0.15, 0.2) is 6.61 Å². The Kier molecular flexibility index (Phi) is 7.55. The predicted octanol–water partition coefficient (Wildman–Crippen LogP) is 3.37. The molecule has 2 aromatic rings. The number of ether oxygens (including phenoxy) is 1. The van der Waals surface area contributed by atoms with Crippen molar-refractivity contribution >= 4 is 11.8 Å². The van der Waals surface area contributed by atoms with Crippen LogP contribution in [0.15, 0.2) is 42.5 Å². The van der Waals surface area contributed by atoms with Gasteiger partial charge in [-0.2, -0.15) is 0 Å². The molecule has 2 rings (SSSR count). The van der Waals surface area contributed by atoms with Crippen LogP contribution in [-0.2, 0) is 16.1 Å². The lowest BCUT2D eigenvalue weighted by molar-refractivity contribution is -0.142. The fraction of sp³-hybridized carbons (Fsp3) is 0.364. The minimum atomic E-state index is -0.755. The number of rotatable bonds is 8. The highest BCUT2D eigenvalue weighted by Crippen LogP contribution is 2.21. The van der Waals surface area contributed by atoms with Crippen LogP contribution in [0, 0.1) is 19.7 Å². The Hall–Kier alpha value is -2.89. The molecule has 0 aliphatic carbocycles. The molecular formula is C22H27FN2O3. The van der Waals surface area contributed by atoms with E-state index in [9.17, 15) is 14.0 Å². The number of nitrogens with zero attached hydrogens (tertiary/aromatic N) is 1. The predicted molar refractivity (Wildman–Crippen MR) is 107 cm³/mol. The van der Waals surface area contributed by atoms with Gasteiger partial charge in [-0.05, 0) is 51.0 Å². The molecule has 2 aromatic carbocycles. The summed E-state index contributed by atoms with van der Waals surface area (Å²) in [7, 11) is 0. The zero-order valence-electron chi connectivity index (χ0n) is 16.8. The van der Waals surface area contributed by atoms with Gasteiger partial charge < -0.3 is 15.0 Å². The lowest BCUT2D eigenvalue weighted by Gasteiger charge is -2.29. The van der Waals surface area contributed by atoms with Crippen LogP contribution >= 0.6 is 0 Å². The summed E-state index contributed by atoms with van der Waals surface area (Å²) in [5.41, 5.74) is 2.36. The summed E-state index contributed by atoms with van der Waals surface area (Å²) in [4.78, 5) is 26.5. The average molecular weight is 386 g/mol. The minimum absolute atomic E-state index is 0.0139. The third-order valence-electron chi connectivity index (χ3n) is 4.72. The second-order valence-corrected chi connectivity index (χ2v) is 6.67. The van der Waals surface area contributed by atoms with Crippen LogP contribution in [0.5, 0.6) is 5.75 Å². The van der Waals surface area contributed by atoms with E-state index in [2.05, 4.69) is 5.32 Å². The molecule has 0 fully saturated rings. The minimum Gasteiger partial charge on any atom is -0.483 e. The Labute approximate surface area is 165 Å². The molecule has 5 nitrogen and oxygen atoms in total. The van der Waals surface area contributed by atoms with E-state index in [1.807, 2.05) is 26.0 Å². The second-order valence-electron chi connectivity index (χ2n) is 6.67. The van der Waals surface area contributed by atoms with E-state index in [0.717, 1.165) is 11.1 Å². The Bertz CT molecular complexity index is 838. The first-order chi connectivity index (χ1) is 13.3. The average Bonchev–Trinajstić information content (AvgIpc) is 2.68. The number of carbonyl (C=O) groups is 2. The van der Waals surface area contributed by atoms with Crippen molar-refractivity contribution in [2.75, 3.05) is 13.2 Å². The zero-order valence-corrected chi connectivity index (χ0v) is 16.8. The number of benzene rings is 2. The molecule has 0 aliphatic rings. The van der Waals surface area contributed by atoms with Crippen LogP contribution in [0.4, 0.5) is 4.39 Å². The molecule has 150 valence electrons. The SMILES string of the molecule is CCNC(=O)[C@@H](C)N(Cc1ccccc1F)C(=O)COc1cccc(C)c1C. The van der Waals surface area contributed by atoms with Gasteiger partial charge in [-0.25, -0.2) is 4.39 Å². The maximum Gasteiger partial charge on any atom is 0.261 e. The summed E-state index contributed by atoms with van der Waals surface area (Å²) in [5, 5.41) is 2.70. The molecule has 2 amide bonds. The molecule has 6 heteroatoms. The van der Waals surface area contributed by atoms with E-state index >= 15 is 0 Å². The Balaban J connectivity index is 2.19. The first-order valence-electron chi connectivity index (χ1n) is 9.34. The molecule has 0 aromatic heterocycles. The van der Waals surface area contributed by atoms with Crippen molar-refractivity contribution in [2.45, 2.75) is 40.3 Å². The first kappa shape index (κ1) is 21.4. The molecule has 0 unspecified atom stereocenters. The van der Waals surface area contributed by atoms with E-state index in [1.165, 1.54) is 11.0 Å². The molecular weight excluding hydrogens is 359 g/mol. The number of carbonyl (C=O) groups excluding carboxylic acids is 2. The van der Waals surface area contributed by atoms with Crippen LogP contribution in [-0.4, -0.2) is 35.9 Å². The number of halogens is 1. The van der Waals surface area contributed by atoms with Crippen LogP contribution < -0.4 is 10.1 Å². The van der Waals surface area contributed by atoms with Gasteiger partial charge in [-0.3, -0.25) is 9.59 Å². The molecule has 0 radical (unpaired) electrons. The third-order valence-corrected chi connectivity index (χ3v) is 4.72. The zero-order chi connectivity index (χ0) is 20.7. The van der Waals surface area contributed by atoms with Gasteiger partial charge in [0.05, 0.1) is 0 Å². The van der Waals surface area contributed by atoms with Crippen molar-refractivity contribution in [1.29, 1.82) is 0 Å². The second kappa shape index (κ2) is 9.88. The maximum atomic E-state index is 14.1. The number of hydrogen-bond donors (Lipinski definition) is 1. The topological polar surface area (TPSA) is 58.6 Å². The van der Waals surface area contributed by atoms with E-state index < -0.39 is 11.9 Å². The van der Waals surface area contributed by atoms with Crippen molar-refractivity contribution < 1.29 is 18.7 Å². The third kappa shape index (κ3) is 5.31. The van der Waals surface area contributed by atoms with Crippen molar-refractivity contribution in [2.24, 2.45) is 0 Å². The number of likely N-dealkylation sites (N-methyl/N-ethyl adjacent to an activating group) is 1. The molecule has 28 heavy (non-hydrogen) atoms. The molecule has 0 bridgehead atoms. The normalized spacial score (nSPS) is 11.6. The van der Waals surface area contributed by atoms with Crippen LogP contribution in [0.1, 0.15) is 30.5 Å². The van der Waals surface area contributed by atoms with Gasteiger partial charge in [0.1, 0.15) is 17.6 Å². The quantitative estimate of drug-likeness (QED) is 0.757. The van der Waals surface area contributed by atoms with Crippen molar-refractivity contribution in [3.8, 4) is 5.75 Å². The van der Waals surface area contributed by atoms with Gasteiger partial charge in [-0.15, -0.1) is 0 Å². The number of hydrogen-bond acceptors (Lipinski definition) is 3. The van der Waals surface area contributed by atoms with E-state index in [1.54, 1.807) is 38.1 Å². The highest BCUT2D eigenvalue weighted by molar-refractivity contribution is 5.87.